The number of alkyl halides is 3. The van der Waals surface area contributed by atoms with Gasteiger partial charge < -0.3 is 21.4 Å². The molecule has 1 amide bonds. The average molecular weight is 447 g/mol. The number of hydrogen-bond donors (Lipinski definition) is 4. The Kier molecular flexibility index (Phi) is 5.92. The van der Waals surface area contributed by atoms with Crippen LogP contribution in [0.3, 0.4) is 0 Å². The largest absolute Gasteiger partial charge is 0.416 e. The van der Waals surface area contributed by atoms with Crippen LogP contribution in [0.15, 0.2) is 47.2 Å². The fraction of sp³-hybridized carbons (Fsp3) is 0.286. The van der Waals surface area contributed by atoms with E-state index in [9.17, 15) is 18.0 Å². The van der Waals surface area contributed by atoms with Crippen molar-refractivity contribution in [3.05, 3.63) is 57.8 Å². The van der Waals surface area contributed by atoms with Crippen LogP contribution in [0.4, 0.5) is 13.2 Å². The van der Waals surface area contributed by atoms with E-state index in [0.717, 1.165) is 50.0 Å². The monoisotopic (exact) mass is 447 g/mol. The number of benzene rings is 1. The van der Waals surface area contributed by atoms with E-state index < -0.39 is 11.7 Å². The van der Waals surface area contributed by atoms with E-state index in [1.807, 2.05) is 0 Å². The molecule has 4 N–H and O–H groups in total. The Morgan fingerprint density at radius 3 is 2.52 bits per heavy atom. The zero-order valence-corrected chi connectivity index (χ0v) is 17.2. The van der Waals surface area contributed by atoms with Crippen LogP contribution in [0.1, 0.15) is 23.4 Å². The van der Waals surface area contributed by atoms with Crippen LogP contribution in [0, 0.1) is 11.3 Å². The van der Waals surface area contributed by atoms with Gasteiger partial charge in [-0.25, -0.2) is 4.98 Å². The maximum absolute atomic E-state index is 12.8. The minimum Gasteiger partial charge on any atom is -0.344 e. The molecule has 1 aromatic carbocycles. The van der Waals surface area contributed by atoms with Gasteiger partial charge in [0.15, 0.2) is 0 Å². The Morgan fingerprint density at radius 1 is 1.16 bits per heavy atom. The molecule has 1 saturated heterocycles. The zero-order valence-electron chi connectivity index (χ0n) is 16.3. The van der Waals surface area contributed by atoms with Crippen molar-refractivity contribution in [1.29, 1.82) is 5.41 Å². The lowest BCUT2D eigenvalue weighted by Crippen LogP contribution is -2.41. The lowest BCUT2D eigenvalue weighted by molar-refractivity contribution is -0.137. The first-order chi connectivity index (χ1) is 14.8. The summed E-state index contributed by atoms with van der Waals surface area (Å²) >= 11 is 1.26. The van der Waals surface area contributed by atoms with Crippen molar-refractivity contribution in [1.82, 2.24) is 20.9 Å². The standard InChI is InChI=1S/C21H20F3N5OS/c22-21(23,24)14-3-1-12(2-4-14)17-11-31-20(28-17)15(10-25)19-27-16(9-18(30)29-19)13-5-7-26-8-6-13/h1-4,9-11,13,25-27H,5-8H2,(H,29,30)/b19-15-,25-10?. The number of carbonyl (C=O) groups excluding carboxylic acids is 1. The molecule has 10 heteroatoms. The molecule has 3 heterocycles. The van der Waals surface area contributed by atoms with E-state index in [4.69, 9.17) is 5.41 Å². The number of carbonyl (C=O) groups is 1. The molecule has 2 aromatic rings. The number of amides is 1. The van der Waals surface area contributed by atoms with Gasteiger partial charge in [-0.2, -0.15) is 13.2 Å². The molecular formula is C21H20F3N5OS. The van der Waals surface area contributed by atoms with Crippen LogP contribution in [-0.2, 0) is 11.0 Å². The molecule has 6 nitrogen and oxygen atoms in total. The van der Waals surface area contributed by atoms with Gasteiger partial charge in [-0.3, -0.25) is 4.79 Å². The summed E-state index contributed by atoms with van der Waals surface area (Å²) in [6, 6.07) is 4.78. The first-order valence-corrected chi connectivity index (χ1v) is 10.6. The Labute approximate surface area is 180 Å². The summed E-state index contributed by atoms with van der Waals surface area (Å²) < 4.78 is 38.4. The number of aromatic nitrogens is 1. The summed E-state index contributed by atoms with van der Waals surface area (Å²) in [6.45, 7) is 1.76. The number of thiazole rings is 1. The molecule has 0 unspecified atom stereocenters. The van der Waals surface area contributed by atoms with Gasteiger partial charge in [-0.1, -0.05) is 12.1 Å². The predicted molar refractivity (Wildman–Crippen MR) is 113 cm³/mol. The van der Waals surface area contributed by atoms with E-state index in [-0.39, 0.29) is 11.8 Å². The molecule has 2 aliphatic rings. The zero-order chi connectivity index (χ0) is 22.0. The van der Waals surface area contributed by atoms with E-state index in [1.54, 1.807) is 11.5 Å². The van der Waals surface area contributed by atoms with Gasteiger partial charge in [0, 0.05) is 34.8 Å². The molecule has 0 atom stereocenters. The molecular weight excluding hydrogens is 427 g/mol. The van der Waals surface area contributed by atoms with Crippen LogP contribution >= 0.6 is 11.3 Å². The second kappa shape index (κ2) is 8.64. The lowest BCUT2D eigenvalue weighted by atomic mass is 9.93. The topological polar surface area (TPSA) is 89.9 Å². The molecule has 4 rings (SSSR count). The third-order valence-electron chi connectivity index (χ3n) is 5.24. The Morgan fingerprint density at radius 2 is 1.87 bits per heavy atom. The Bertz CT molecular complexity index is 1050. The van der Waals surface area contributed by atoms with Gasteiger partial charge in [0.25, 0.3) is 5.91 Å². The summed E-state index contributed by atoms with van der Waals surface area (Å²) in [4.78, 5) is 16.7. The van der Waals surface area contributed by atoms with Crippen LogP contribution in [0.2, 0.25) is 0 Å². The van der Waals surface area contributed by atoms with Crippen LogP contribution < -0.4 is 16.0 Å². The number of nitrogens with one attached hydrogen (secondary N) is 4. The second-order valence-corrected chi connectivity index (χ2v) is 8.14. The third-order valence-corrected chi connectivity index (χ3v) is 6.11. The summed E-state index contributed by atoms with van der Waals surface area (Å²) in [6.07, 6.45) is 0.0944. The van der Waals surface area contributed by atoms with E-state index >= 15 is 0 Å². The van der Waals surface area contributed by atoms with Gasteiger partial charge in [0.1, 0.15) is 10.8 Å². The summed E-state index contributed by atoms with van der Waals surface area (Å²) in [5.41, 5.74) is 1.56. The molecule has 0 aliphatic carbocycles. The first-order valence-electron chi connectivity index (χ1n) is 9.74. The lowest BCUT2D eigenvalue weighted by Gasteiger charge is -2.29. The quantitative estimate of drug-likeness (QED) is 0.538. The van der Waals surface area contributed by atoms with Gasteiger partial charge in [-0.05, 0) is 38.1 Å². The van der Waals surface area contributed by atoms with Crippen LogP contribution in [0.5, 0.6) is 0 Å². The molecule has 0 radical (unpaired) electrons. The highest BCUT2D eigenvalue weighted by Gasteiger charge is 2.30. The molecule has 1 fully saturated rings. The average Bonchev–Trinajstić information content (AvgIpc) is 3.24. The highest BCUT2D eigenvalue weighted by Crippen LogP contribution is 2.32. The third kappa shape index (κ3) is 4.70. The van der Waals surface area contributed by atoms with Crippen molar-refractivity contribution in [3.8, 4) is 11.3 Å². The minimum absolute atomic E-state index is 0.230. The molecule has 162 valence electrons. The SMILES string of the molecule is N=C/C(=C1/NC(=O)C=C(C2CCNCC2)N1)c1nc(-c2ccc(C(F)(F)F)cc2)cs1. The molecule has 0 bridgehead atoms. The van der Waals surface area contributed by atoms with Gasteiger partial charge in [0.05, 0.1) is 16.8 Å². The first kappa shape index (κ1) is 21.3. The highest BCUT2D eigenvalue weighted by molar-refractivity contribution is 7.11. The maximum Gasteiger partial charge on any atom is 0.416 e. The number of allylic oxidation sites excluding steroid dienone is 2. The van der Waals surface area contributed by atoms with Crippen molar-refractivity contribution in [3.63, 3.8) is 0 Å². The fourth-order valence-corrected chi connectivity index (χ4v) is 4.45. The summed E-state index contributed by atoms with van der Waals surface area (Å²) in [5.74, 6) is 0.360. The second-order valence-electron chi connectivity index (χ2n) is 7.28. The van der Waals surface area contributed by atoms with Crippen LogP contribution in [0.25, 0.3) is 16.8 Å². The van der Waals surface area contributed by atoms with E-state index in [2.05, 4.69) is 20.9 Å². The maximum atomic E-state index is 12.8. The van der Waals surface area contributed by atoms with E-state index in [0.29, 0.717) is 27.7 Å². The number of halogens is 3. The van der Waals surface area contributed by atoms with Crippen molar-refractivity contribution >= 4 is 29.0 Å². The Balaban J connectivity index is 1.60. The van der Waals surface area contributed by atoms with Gasteiger partial charge in [-0.15, -0.1) is 11.3 Å². The van der Waals surface area contributed by atoms with Crippen molar-refractivity contribution in [2.75, 3.05) is 13.1 Å². The number of nitrogens with zero attached hydrogens (tertiary/aromatic N) is 1. The molecule has 1 aromatic heterocycles. The van der Waals surface area contributed by atoms with Crippen molar-refractivity contribution < 1.29 is 18.0 Å². The fourth-order valence-electron chi connectivity index (χ4n) is 3.60. The van der Waals surface area contributed by atoms with Crippen LogP contribution in [-0.4, -0.2) is 30.2 Å². The smallest absolute Gasteiger partial charge is 0.344 e. The Hall–Kier alpha value is -2.98. The molecule has 2 aliphatic heterocycles. The molecule has 0 spiro atoms. The summed E-state index contributed by atoms with van der Waals surface area (Å²) in [7, 11) is 0. The van der Waals surface area contributed by atoms with Crippen molar-refractivity contribution in [2.24, 2.45) is 5.92 Å². The van der Waals surface area contributed by atoms with Crippen molar-refractivity contribution in [2.45, 2.75) is 19.0 Å². The predicted octanol–water partition coefficient (Wildman–Crippen LogP) is 3.75. The molecule has 0 saturated carbocycles. The molecule has 31 heavy (non-hydrogen) atoms. The van der Waals surface area contributed by atoms with Gasteiger partial charge >= 0.3 is 6.18 Å². The number of piperidine rings is 1. The number of rotatable bonds is 4. The highest BCUT2D eigenvalue weighted by atomic mass is 32.1. The minimum atomic E-state index is -4.39. The summed E-state index contributed by atoms with van der Waals surface area (Å²) in [5, 5.41) is 19.3. The number of hydrogen-bond acceptors (Lipinski definition) is 6. The normalized spacial score (nSPS) is 19.3. The van der Waals surface area contributed by atoms with Gasteiger partial charge in [0.2, 0.25) is 0 Å². The van der Waals surface area contributed by atoms with E-state index in [1.165, 1.54) is 23.5 Å².